The molecule has 17 atom stereocenters. The predicted octanol–water partition coefficient (Wildman–Crippen LogP) is 5.50. The average molecular weight is 898 g/mol. The number of carbonyl (C=O) groups is 2. The van der Waals surface area contributed by atoms with Crippen molar-refractivity contribution in [2.45, 2.75) is 174 Å². The van der Waals surface area contributed by atoms with Crippen molar-refractivity contribution in [2.75, 3.05) is 13.2 Å². The summed E-state index contributed by atoms with van der Waals surface area (Å²) in [6.45, 7) is 15.8. The van der Waals surface area contributed by atoms with Gasteiger partial charge in [-0.25, -0.2) is 4.39 Å². The van der Waals surface area contributed by atoms with Crippen molar-refractivity contribution in [3.63, 3.8) is 0 Å². The SMILES string of the molecule is CC1(C)CC[C@]2(C(=O)O)CC[C@]3(C)C(=CC[C@@H]4[C@@]5(C)CC[C@H](O[C@@H]6O[C@H](CO[C@@H]7OC[C@H](O)[C@H](O)[C@H]7O)[C@@H](O)[C@H](O)[C@H]6NC(=O)/C=C/c6ccc(F)cc6)C(C)(C)[C@@H]5CC[C@]43C)[C@@H]2C1. The molecule has 4 saturated carbocycles. The predicted molar refractivity (Wildman–Crippen MR) is 233 cm³/mol. The molecular weight excluding hydrogens is 826 g/mol. The molecule has 5 aliphatic carbocycles. The van der Waals surface area contributed by atoms with Crippen LogP contribution in [0.2, 0.25) is 0 Å². The summed E-state index contributed by atoms with van der Waals surface area (Å²) in [5, 5.41) is 67.3. The van der Waals surface area contributed by atoms with Crippen LogP contribution >= 0.6 is 0 Å². The molecule has 13 nitrogen and oxygen atoms in total. The van der Waals surface area contributed by atoms with Crippen LogP contribution < -0.4 is 5.32 Å². The number of carbonyl (C=O) groups excluding carboxylic acids is 1. The Morgan fingerprint density at radius 1 is 0.844 bits per heavy atom. The summed E-state index contributed by atoms with van der Waals surface area (Å²) in [7, 11) is 0. The number of hydrogen-bond donors (Lipinski definition) is 7. The van der Waals surface area contributed by atoms with Gasteiger partial charge in [0.2, 0.25) is 5.91 Å². The van der Waals surface area contributed by atoms with Gasteiger partial charge in [-0.1, -0.05) is 72.2 Å². The van der Waals surface area contributed by atoms with E-state index >= 15 is 0 Å². The van der Waals surface area contributed by atoms with E-state index in [2.05, 4.69) is 59.9 Å². The molecule has 6 fully saturated rings. The number of allylic oxidation sites excluding steroid dienone is 2. The molecule has 1 aromatic carbocycles. The second kappa shape index (κ2) is 17.1. The molecule has 0 bridgehead atoms. The van der Waals surface area contributed by atoms with E-state index in [4.69, 9.17) is 18.9 Å². The van der Waals surface area contributed by atoms with Gasteiger partial charge in [0.05, 0.1) is 24.7 Å². The van der Waals surface area contributed by atoms with Gasteiger partial charge in [-0.15, -0.1) is 0 Å². The quantitative estimate of drug-likeness (QED) is 0.0934. The van der Waals surface area contributed by atoms with Crippen LogP contribution in [0.3, 0.4) is 0 Å². The van der Waals surface area contributed by atoms with Crippen molar-refractivity contribution in [1.29, 1.82) is 0 Å². The Hall–Kier alpha value is -2.79. The summed E-state index contributed by atoms with van der Waals surface area (Å²) in [6, 6.07) is 4.39. The molecule has 7 N–H and O–H groups in total. The molecule has 2 aliphatic heterocycles. The van der Waals surface area contributed by atoms with Crippen molar-refractivity contribution in [3.8, 4) is 0 Å². The third-order valence-electron chi connectivity index (χ3n) is 18.5. The van der Waals surface area contributed by atoms with E-state index in [-0.39, 0.29) is 52.8 Å². The van der Waals surface area contributed by atoms with Gasteiger partial charge in [0.25, 0.3) is 0 Å². The van der Waals surface area contributed by atoms with Gasteiger partial charge in [0.1, 0.15) is 48.5 Å². The number of aliphatic carboxylic acids is 1. The number of rotatable bonds is 9. The highest BCUT2D eigenvalue weighted by molar-refractivity contribution is 5.92. The van der Waals surface area contributed by atoms with Gasteiger partial charge in [0.15, 0.2) is 12.6 Å². The number of fused-ring (bicyclic) bond motifs is 7. The Bertz CT molecular complexity index is 1970. The van der Waals surface area contributed by atoms with Gasteiger partial charge < -0.3 is 54.9 Å². The molecule has 0 unspecified atom stereocenters. The topological polar surface area (TPSA) is 204 Å². The van der Waals surface area contributed by atoms with E-state index in [1.54, 1.807) is 0 Å². The van der Waals surface area contributed by atoms with E-state index < -0.39 is 83.8 Å². The number of aliphatic hydroxyl groups excluding tert-OH is 5. The summed E-state index contributed by atoms with van der Waals surface area (Å²) in [5.74, 6) is -1.04. The van der Waals surface area contributed by atoms with Gasteiger partial charge in [-0.2, -0.15) is 0 Å². The minimum Gasteiger partial charge on any atom is -0.481 e. The van der Waals surface area contributed by atoms with Crippen molar-refractivity contribution in [3.05, 3.63) is 53.4 Å². The number of amides is 1. The zero-order valence-corrected chi connectivity index (χ0v) is 38.5. The minimum atomic E-state index is -1.58. The first-order valence-electron chi connectivity index (χ1n) is 23.6. The third kappa shape index (κ3) is 7.91. The van der Waals surface area contributed by atoms with Crippen LogP contribution in [0, 0.1) is 56.1 Å². The van der Waals surface area contributed by atoms with Gasteiger partial charge in [0, 0.05) is 6.08 Å². The zero-order valence-electron chi connectivity index (χ0n) is 38.5. The lowest BCUT2D eigenvalue weighted by molar-refractivity contribution is -0.322. The normalized spacial score (nSPS) is 46.1. The maximum Gasteiger partial charge on any atom is 0.310 e. The number of hydrogen-bond acceptors (Lipinski definition) is 11. The first-order chi connectivity index (χ1) is 30.0. The Labute approximate surface area is 376 Å². The largest absolute Gasteiger partial charge is 0.481 e. The molecule has 7 aliphatic rings. The summed E-state index contributed by atoms with van der Waals surface area (Å²) in [6.07, 6.45) is 1.93. The fourth-order valence-electron chi connectivity index (χ4n) is 14.4. The van der Waals surface area contributed by atoms with Crippen LogP contribution in [0.5, 0.6) is 0 Å². The van der Waals surface area contributed by atoms with Crippen molar-refractivity contribution >= 4 is 18.0 Å². The van der Waals surface area contributed by atoms with Crippen molar-refractivity contribution in [2.24, 2.45) is 50.2 Å². The highest BCUT2D eigenvalue weighted by Crippen LogP contribution is 2.76. The average Bonchev–Trinajstić information content (AvgIpc) is 3.23. The first-order valence-corrected chi connectivity index (χ1v) is 23.6. The number of aliphatic hydroxyl groups is 5. The van der Waals surface area contributed by atoms with Crippen LogP contribution in [-0.2, 0) is 28.5 Å². The lowest BCUT2D eigenvalue weighted by Gasteiger charge is -2.71. The number of carboxylic acid groups (broad SMARTS) is 1. The maximum atomic E-state index is 13.5. The Kier molecular flexibility index (Phi) is 12.7. The summed E-state index contributed by atoms with van der Waals surface area (Å²) >= 11 is 0. The molecule has 0 spiro atoms. The molecule has 8 rings (SSSR count). The lowest BCUT2D eigenvalue weighted by Crippen LogP contribution is -2.67. The molecule has 1 aromatic rings. The number of benzene rings is 1. The van der Waals surface area contributed by atoms with Crippen molar-refractivity contribution in [1.82, 2.24) is 5.32 Å². The van der Waals surface area contributed by atoms with Crippen LogP contribution in [0.1, 0.15) is 118 Å². The number of halogens is 1. The van der Waals surface area contributed by atoms with E-state index in [0.29, 0.717) is 24.3 Å². The summed E-state index contributed by atoms with van der Waals surface area (Å²) in [5.41, 5.74) is 0.682. The van der Waals surface area contributed by atoms with E-state index in [0.717, 1.165) is 51.4 Å². The van der Waals surface area contributed by atoms with Crippen LogP contribution in [0.15, 0.2) is 42.0 Å². The standard InChI is InChI=1S/C50H72FNO12/c1-45(2)20-22-50(44(59)60)23-21-48(6)29(30(50)24-45)13-14-34-47(5)18-17-35(46(3,4)33(47)16-19-49(34,48)7)64-42-37(52-36(54)15-10-27-8-11-28(51)12-9-27)40(57)39(56)32(63-42)26-62-43-41(58)38(55)31(53)25-61-43/h8-13,15,30-35,37-43,53,55-58H,14,16-26H2,1-7H3,(H,52,54)(H,59,60)/b15-10+/t30-,31-,32+,33-,34+,35-,37+,38-,39+,40+,41+,42-,43-,47-,48+,49+,50-/m0/s1. The number of carboxylic acids is 1. The maximum absolute atomic E-state index is 13.5. The van der Waals surface area contributed by atoms with Gasteiger partial charge in [-0.3, -0.25) is 9.59 Å². The Balaban J connectivity index is 1.04. The highest BCUT2D eigenvalue weighted by Gasteiger charge is 2.69. The fraction of sp³-hybridized carbons (Fsp3) is 0.760. The van der Waals surface area contributed by atoms with E-state index in [1.807, 2.05) is 0 Å². The highest BCUT2D eigenvalue weighted by atomic mass is 19.1. The second-order valence-electron chi connectivity index (χ2n) is 22.7. The van der Waals surface area contributed by atoms with E-state index in [9.17, 15) is 44.6 Å². The molecular formula is C50H72FNO12. The molecule has 0 aromatic heterocycles. The van der Waals surface area contributed by atoms with Crippen LogP contribution in [0.25, 0.3) is 6.08 Å². The lowest BCUT2D eigenvalue weighted by atomic mass is 9.33. The summed E-state index contributed by atoms with van der Waals surface area (Å²) in [4.78, 5) is 26.6. The molecule has 2 saturated heterocycles. The van der Waals surface area contributed by atoms with Gasteiger partial charge in [-0.05, 0) is 133 Å². The Morgan fingerprint density at radius 2 is 1.55 bits per heavy atom. The smallest absolute Gasteiger partial charge is 0.310 e. The molecule has 14 heteroatoms. The monoisotopic (exact) mass is 898 g/mol. The van der Waals surface area contributed by atoms with Gasteiger partial charge >= 0.3 is 5.97 Å². The van der Waals surface area contributed by atoms with E-state index in [1.165, 1.54) is 42.0 Å². The third-order valence-corrected chi connectivity index (χ3v) is 18.5. The second-order valence-corrected chi connectivity index (χ2v) is 22.7. The van der Waals surface area contributed by atoms with Crippen molar-refractivity contribution < 1.29 is 63.6 Å². The molecule has 356 valence electrons. The fourth-order valence-corrected chi connectivity index (χ4v) is 14.4. The first kappa shape index (κ1) is 47.7. The molecule has 0 radical (unpaired) electrons. The Morgan fingerprint density at radius 3 is 2.25 bits per heavy atom. The zero-order chi connectivity index (χ0) is 46.4. The minimum absolute atomic E-state index is 0.0292. The van der Waals surface area contributed by atoms with Crippen LogP contribution in [0.4, 0.5) is 4.39 Å². The molecule has 64 heavy (non-hydrogen) atoms. The summed E-state index contributed by atoms with van der Waals surface area (Å²) < 4.78 is 38.1. The molecule has 1 amide bonds. The molecule has 2 heterocycles. The van der Waals surface area contributed by atoms with Crippen LogP contribution in [-0.4, -0.2) is 117 Å². The number of ether oxygens (including phenoxy) is 4. The number of nitrogens with one attached hydrogen (secondary N) is 1.